The molecule has 1 aromatic heterocycles. The SMILES string of the molecule is CC1CN(c2nnc(-c3ccccc3)n2C)CCCO1. The van der Waals surface area contributed by atoms with Crippen molar-refractivity contribution in [2.75, 3.05) is 24.6 Å². The van der Waals surface area contributed by atoms with Crippen molar-refractivity contribution in [1.29, 1.82) is 0 Å². The lowest BCUT2D eigenvalue weighted by Crippen LogP contribution is -2.32. The van der Waals surface area contributed by atoms with Gasteiger partial charge in [0.25, 0.3) is 0 Å². The molecule has 1 fully saturated rings. The van der Waals surface area contributed by atoms with Crippen LogP contribution in [-0.2, 0) is 11.8 Å². The molecule has 1 saturated heterocycles. The Kier molecular flexibility index (Phi) is 3.69. The van der Waals surface area contributed by atoms with E-state index in [-0.39, 0.29) is 6.10 Å². The van der Waals surface area contributed by atoms with Gasteiger partial charge in [0.05, 0.1) is 6.10 Å². The molecule has 5 heteroatoms. The number of ether oxygens (including phenoxy) is 1. The first-order valence-electron chi connectivity index (χ1n) is 7.07. The zero-order valence-electron chi connectivity index (χ0n) is 12.0. The molecule has 1 unspecified atom stereocenters. The van der Waals surface area contributed by atoms with E-state index in [2.05, 4.69) is 38.7 Å². The fourth-order valence-electron chi connectivity index (χ4n) is 2.61. The number of rotatable bonds is 2. The smallest absolute Gasteiger partial charge is 0.227 e. The minimum Gasteiger partial charge on any atom is -0.377 e. The van der Waals surface area contributed by atoms with Crippen LogP contribution in [0.3, 0.4) is 0 Å². The summed E-state index contributed by atoms with van der Waals surface area (Å²) in [7, 11) is 2.02. The molecule has 0 spiro atoms. The van der Waals surface area contributed by atoms with Gasteiger partial charge in [0.15, 0.2) is 5.82 Å². The quantitative estimate of drug-likeness (QED) is 0.839. The molecule has 1 aliphatic rings. The first-order chi connectivity index (χ1) is 9.75. The second-order valence-electron chi connectivity index (χ2n) is 5.23. The van der Waals surface area contributed by atoms with Gasteiger partial charge in [0.2, 0.25) is 5.95 Å². The molecule has 0 saturated carbocycles. The molecule has 1 aliphatic heterocycles. The van der Waals surface area contributed by atoms with Crippen LogP contribution >= 0.6 is 0 Å². The van der Waals surface area contributed by atoms with Crippen LogP contribution in [0.15, 0.2) is 30.3 Å². The molecule has 0 amide bonds. The highest BCUT2D eigenvalue weighted by molar-refractivity contribution is 5.57. The summed E-state index contributed by atoms with van der Waals surface area (Å²) in [4.78, 5) is 2.26. The molecular weight excluding hydrogens is 252 g/mol. The summed E-state index contributed by atoms with van der Waals surface area (Å²) in [6, 6.07) is 10.2. The molecule has 3 rings (SSSR count). The van der Waals surface area contributed by atoms with Gasteiger partial charge in [-0.15, -0.1) is 10.2 Å². The highest BCUT2D eigenvalue weighted by Gasteiger charge is 2.21. The Morgan fingerprint density at radius 2 is 2.00 bits per heavy atom. The second-order valence-corrected chi connectivity index (χ2v) is 5.23. The average molecular weight is 272 g/mol. The van der Waals surface area contributed by atoms with Gasteiger partial charge >= 0.3 is 0 Å². The van der Waals surface area contributed by atoms with E-state index in [0.717, 1.165) is 43.5 Å². The molecule has 20 heavy (non-hydrogen) atoms. The molecule has 2 heterocycles. The molecule has 106 valence electrons. The first kappa shape index (κ1) is 13.1. The maximum Gasteiger partial charge on any atom is 0.227 e. The van der Waals surface area contributed by atoms with Gasteiger partial charge in [-0.3, -0.25) is 4.57 Å². The molecule has 0 bridgehead atoms. The topological polar surface area (TPSA) is 43.2 Å². The fourth-order valence-corrected chi connectivity index (χ4v) is 2.61. The minimum atomic E-state index is 0.231. The third-order valence-corrected chi connectivity index (χ3v) is 3.62. The van der Waals surface area contributed by atoms with E-state index >= 15 is 0 Å². The van der Waals surface area contributed by atoms with Crippen molar-refractivity contribution < 1.29 is 4.74 Å². The molecule has 1 aromatic carbocycles. The Labute approximate surface area is 119 Å². The molecule has 0 N–H and O–H groups in total. The lowest BCUT2D eigenvalue weighted by molar-refractivity contribution is 0.0820. The highest BCUT2D eigenvalue weighted by atomic mass is 16.5. The third kappa shape index (κ3) is 2.54. The summed E-state index contributed by atoms with van der Waals surface area (Å²) in [6.45, 7) is 4.75. The molecule has 0 aliphatic carbocycles. The summed E-state index contributed by atoms with van der Waals surface area (Å²) in [5.74, 6) is 1.82. The van der Waals surface area contributed by atoms with Gasteiger partial charge in [0, 0.05) is 32.3 Å². The molecule has 5 nitrogen and oxygen atoms in total. The Balaban J connectivity index is 1.90. The summed E-state index contributed by atoms with van der Waals surface area (Å²) >= 11 is 0. The van der Waals surface area contributed by atoms with Gasteiger partial charge in [-0.2, -0.15) is 0 Å². The predicted octanol–water partition coefficient (Wildman–Crippen LogP) is 2.10. The summed E-state index contributed by atoms with van der Waals surface area (Å²) in [5, 5.41) is 8.72. The summed E-state index contributed by atoms with van der Waals surface area (Å²) < 4.78 is 7.75. The highest BCUT2D eigenvalue weighted by Crippen LogP contribution is 2.22. The minimum absolute atomic E-state index is 0.231. The number of benzene rings is 1. The van der Waals surface area contributed by atoms with Gasteiger partial charge in [-0.1, -0.05) is 30.3 Å². The van der Waals surface area contributed by atoms with E-state index in [9.17, 15) is 0 Å². The van der Waals surface area contributed by atoms with Crippen LogP contribution < -0.4 is 4.90 Å². The van der Waals surface area contributed by atoms with Crippen molar-refractivity contribution in [2.24, 2.45) is 7.05 Å². The monoisotopic (exact) mass is 272 g/mol. The van der Waals surface area contributed by atoms with E-state index in [4.69, 9.17) is 4.74 Å². The zero-order valence-corrected chi connectivity index (χ0v) is 12.0. The predicted molar refractivity (Wildman–Crippen MR) is 78.7 cm³/mol. The average Bonchev–Trinajstić information content (AvgIpc) is 2.71. The lowest BCUT2D eigenvalue weighted by atomic mass is 10.2. The second kappa shape index (κ2) is 5.63. The van der Waals surface area contributed by atoms with E-state index < -0.39 is 0 Å². The lowest BCUT2D eigenvalue weighted by Gasteiger charge is -2.22. The summed E-state index contributed by atoms with van der Waals surface area (Å²) in [5.41, 5.74) is 1.09. The van der Waals surface area contributed by atoms with E-state index in [1.54, 1.807) is 0 Å². The number of nitrogens with zero attached hydrogens (tertiary/aromatic N) is 4. The molecular formula is C15H20N4O. The molecule has 2 aromatic rings. The van der Waals surface area contributed by atoms with Gasteiger partial charge < -0.3 is 9.64 Å². The van der Waals surface area contributed by atoms with Crippen molar-refractivity contribution in [1.82, 2.24) is 14.8 Å². The number of hydrogen-bond acceptors (Lipinski definition) is 4. The van der Waals surface area contributed by atoms with Crippen molar-refractivity contribution >= 4 is 5.95 Å². The number of hydrogen-bond donors (Lipinski definition) is 0. The van der Waals surface area contributed by atoms with Crippen molar-refractivity contribution in [3.63, 3.8) is 0 Å². The van der Waals surface area contributed by atoms with Crippen LogP contribution in [0.5, 0.6) is 0 Å². The van der Waals surface area contributed by atoms with Crippen molar-refractivity contribution in [3.8, 4) is 11.4 Å². The van der Waals surface area contributed by atoms with Crippen LogP contribution in [0.2, 0.25) is 0 Å². The van der Waals surface area contributed by atoms with E-state index in [1.807, 2.05) is 25.2 Å². The Morgan fingerprint density at radius 3 is 2.80 bits per heavy atom. The number of aromatic nitrogens is 3. The van der Waals surface area contributed by atoms with Gasteiger partial charge in [-0.05, 0) is 13.3 Å². The van der Waals surface area contributed by atoms with Crippen LogP contribution in [0.25, 0.3) is 11.4 Å². The Bertz CT molecular complexity index is 567. The van der Waals surface area contributed by atoms with Crippen LogP contribution in [0, 0.1) is 0 Å². The normalized spacial score (nSPS) is 19.9. The van der Waals surface area contributed by atoms with Gasteiger partial charge in [0.1, 0.15) is 0 Å². The van der Waals surface area contributed by atoms with E-state index in [0.29, 0.717) is 0 Å². The third-order valence-electron chi connectivity index (χ3n) is 3.62. The first-order valence-corrected chi connectivity index (χ1v) is 7.07. The maximum atomic E-state index is 5.69. The van der Waals surface area contributed by atoms with E-state index in [1.165, 1.54) is 0 Å². The fraction of sp³-hybridized carbons (Fsp3) is 0.467. The largest absolute Gasteiger partial charge is 0.377 e. The van der Waals surface area contributed by atoms with Crippen LogP contribution in [0.4, 0.5) is 5.95 Å². The molecule has 0 radical (unpaired) electrons. The Hall–Kier alpha value is -1.88. The molecule has 1 atom stereocenters. The van der Waals surface area contributed by atoms with Crippen LogP contribution in [-0.4, -0.2) is 40.6 Å². The van der Waals surface area contributed by atoms with Crippen molar-refractivity contribution in [2.45, 2.75) is 19.4 Å². The Morgan fingerprint density at radius 1 is 1.20 bits per heavy atom. The summed E-state index contributed by atoms with van der Waals surface area (Å²) in [6.07, 6.45) is 1.26. The maximum absolute atomic E-state index is 5.69. The number of anilines is 1. The zero-order chi connectivity index (χ0) is 13.9. The van der Waals surface area contributed by atoms with Crippen LogP contribution in [0.1, 0.15) is 13.3 Å². The standard InChI is InChI=1S/C15H20N4O/c1-12-11-19(9-6-10-20-12)15-17-16-14(18(15)2)13-7-4-3-5-8-13/h3-5,7-8,12H,6,9-11H2,1-2H3. The van der Waals surface area contributed by atoms with Gasteiger partial charge in [-0.25, -0.2) is 0 Å². The van der Waals surface area contributed by atoms with Crippen molar-refractivity contribution in [3.05, 3.63) is 30.3 Å².